The highest BCUT2D eigenvalue weighted by molar-refractivity contribution is 5.75. The van der Waals surface area contributed by atoms with Gasteiger partial charge in [0.05, 0.1) is 13.2 Å². The fourth-order valence-electron chi connectivity index (χ4n) is 1.25. The quantitative estimate of drug-likeness (QED) is 0.659. The Morgan fingerprint density at radius 3 is 2.79 bits per heavy atom. The summed E-state index contributed by atoms with van der Waals surface area (Å²) in [5.41, 5.74) is 0. The molecule has 82 valence electrons. The van der Waals surface area contributed by atoms with Crippen molar-refractivity contribution >= 4 is 5.97 Å². The maximum Gasteiger partial charge on any atom is 0.337 e. The van der Waals surface area contributed by atoms with Crippen molar-refractivity contribution in [2.75, 3.05) is 13.2 Å². The van der Waals surface area contributed by atoms with Gasteiger partial charge in [0.1, 0.15) is 6.10 Å². The van der Waals surface area contributed by atoms with Crippen LogP contribution in [0.5, 0.6) is 0 Å². The van der Waals surface area contributed by atoms with Gasteiger partial charge in [-0.2, -0.15) is 0 Å². The van der Waals surface area contributed by atoms with Gasteiger partial charge < -0.3 is 19.3 Å². The van der Waals surface area contributed by atoms with E-state index in [0.29, 0.717) is 0 Å². The molecule has 0 radical (unpaired) electrons. The van der Waals surface area contributed by atoms with Crippen LogP contribution in [0.2, 0.25) is 0 Å². The van der Waals surface area contributed by atoms with Gasteiger partial charge in [-0.3, -0.25) is 0 Å². The van der Waals surface area contributed by atoms with E-state index in [-0.39, 0.29) is 13.2 Å². The molecule has 1 aliphatic rings. The van der Waals surface area contributed by atoms with Crippen LogP contribution in [-0.2, 0) is 19.0 Å². The highest BCUT2D eigenvalue weighted by atomic mass is 16.7. The minimum absolute atomic E-state index is 0.201. The Kier molecular flexibility index (Phi) is 3.47. The maximum absolute atomic E-state index is 11.1. The van der Waals surface area contributed by atoms with E-state index in [1.165, 1.54) is 0 Å². The van der Waals surface area contributed by atoms with Crippen molar-refractivity contribution in [3.05, 3.63) is 0 Å². The van der Waals surface area contributed by atoms with Crippen LogP contribution in [0.1, 0.15) is 20.8 Å². The Balaban J connectivity index is 2.46. The molecule has 0 amide bonds. The molecule has 0 bridgehead atoms. The van der Waals surface area contributed by atoms with Crippen LogP contribution >= 0.6 is 0 Å². The van der Waals surface area contributed by atoms with Crippen molar-refractivity contribution in [1.82, 2.24) is 0 Å². The third-order valence-corrected chi connectivity index (χ3v) is 1.91. The van der Waals surface area contributed by atoms with Crippen LogP contribution in [0.3, 0.4) is 0 Å². The third-order valence-electron chi connectivity index (χ3n) is 1.91. The Morgan fingerprint density at radius 1 is 1.71 bits per heavy atom. The molecule has 0 aromatic carbocycles. The molecule has 1 heterocycles. The summed E-state index contributed by atoms with van der Waals surface area (Å²) >= 11 is 0. The smallest absolute Gasteiger partial charge is 0.337 e. The zero-order valence-corrected chi connectivity index (χ0v) is 8.65. The first-order valence-electron chi connectivity index (χ1n) is 4.63. The molecule has 14 heavy (non-hydrogen) atoms. The lowest BCUT2D eigenvalue weighted by Gasteiger charge is -2.19. The molecule has 0 spiro atoms. The Hall–Kier alpha value is -0.650. The minimum Gasteiger partial charge on any atom is -0.464 e. The summed E-state index contributed by atoms with van der Waals surface area (Å²) in [6.07, 6.45) is -1.90. The van der Waals surface area contributed by atoms with E-state index in [4.69, 9.17) is 9.47 Å². The van der Waals surface area contributed by atoms with Crippen molar-refractivity contribution in [3.8, 4) is 0 Å². The first-order chi connectivity index (χ1) is 6.46. The largest absolute Gasteiger partial charge is 0.464 e. The first-order valence-corrected chi connectivity index (χ1v) is 4.63. The molecule has 5 heteroatoms. The zero-order valence-electron chi connectivity index (χ0n) is 8.65. The Labute approximate surface area is 82.9 Å². The molecular weight excluding hydrogens is 188 g/mol. The van der Waals surface area contributed by atoms with Crippen LogP contribution in [0.15, 0.2) is 0 Å². The second-order valence-electron chi connectivity index (χ2n) is 3.56. The van der Waals surface area contributed by atoms with E-state index in [1.807, 2.05) is 0 Å². The van der Waals surface area contributed by atoms with Gasteiger partial charge >= 0.3 is 5.97 Å². The topological polar surface area (TPSA) is 65.0 Å². The van der Waals surface area contributed by atoms with Gasteiger partial charge in [0, 0.05) is 0 Å². The number of carbonyl (C=O) groups is 1. The average molecular weight is 204 g/mol. The first kappa shape index (κ1) is 11.4. The summed E-state index contributed by atoms with van der Waals surface area (Å²) in [4.78, 5) is 11.1. The standard InChI is InChI=1S/C9H16O5/c1-4-12-8(11)7(10)6-5-13-9(2,3)14-6/h6-7,10H,4-5H2,1-3H3/t6-,7+/m1/s1. The van der Waals surface area contributed by atoms with Gasteiger partial charge in [-0.25, -0.2) is 4.79 Å². The molecule has 0 unspecified atom stereocenters. The highest BCUT2D eigenvalue weighted by Crippen LogP contribution is 2.24. The molecule has 0 aliphatic carbocycles. The van der Waals surface area contributed by atoms with Crippen molar-refractivity contribution in [1.29, 1.82) is 0 Å². The summed E-state index contributed by atoms with van der Waals surface area (Å²) in [6, 6.07) is 0. The maximum atomic E-state index is 11.1. The predicted octanol–water partition coefficient (Wildman–Crippen LogP) is 0.0619. The second kappa shape index (κ2) is 4.25. The van der Waals surface area contributed by atoms with E-state index < -0.39 is 24.0 Å². The molecule has 1 rings (SSSR count). The van der Waals surface area contributed by atoms with Gasteiger partial charge in [0.15, 0.2) is 11.9 Å². The van der Waals surface area contributed by atoms with Gasteiger partial charge in [0.25, 0.3) is 0 Å². The third kappa shape index (κ3) is 2.67. The lowest BCUT2D eigenvalue weighted by Crippen LogP contribution is -2.38. The molecule has 1 fully saturated rings. The zero-order chi connectivity index (χ0) is 10.8. The molecular formula is C9H16O5. The lowest BCUT2D eigenvalue weighted by molar-refractivity contribution is -0.172. The number of hydrogen-bond acceptors (Lipinski definition) is 5. The van der Waals surface area contributed by atoms with Crippen LogP contribution in [0.25, 0.3) is 0 Å². The molecule has 1 N–H and O–H groups in total. The number of rotatable bonds is 3. The van der Waals surface area contributed by atoms with Gasteiger partial charge in [-0.05, 0) is 20.8 Å². The van der Waals surface area contributed by atoms with E-state index in [1.54, 1.807) is 20.8 Å². The van der Waals surface area contributed by atoms with Crippen LogP contribution in [-0.4, -0.2) is 42.3 Å². The van der Waals surface area contributed by atoms with Crippen LogP contribution < -0.4 is 0 Å². The monoisotopic (exact) mass is 204 g/mol. The number of esters is 1. The summed E-state index contributed by atoms with van der Waals surface area (Å²) < 4.78 is 15.2. The highest BCUT2D eigenvalue weighted by Gasteiger charge is 2.40. The summed E-state index contributed by atoms with van der Waals surface area (Å²) in [5.74, 6) is -1.41. The Morgan fingerprint density at radius 2 is 2.36 bits per heavy atom. The number of aliphatic hydroxyl groups excluding tert-OH is 1. The number of carbonyl (C=O) groups excluding carboxylic acids is 1. The predicted molar refractivity (Wildman–Crippen MR) is 47.5 cm³/mol. The molecule has 1 saturated heterocycles. The van der Waals surface area contributed by atoms with Crippen molar-refractivity contribution < 1.29 is 24.1 Å². The van der Waals surface area contributed by atoms with E-state index >= 15 is 0 Å². The average Bonchev–Trinajstić information content (AvgIpc) is 2.45. The number of aliphatic hydroxyl groups is 1. The lowest BCUT2D eigenvalue weighted by atomic mass is 10.2. The SMILES string of the molecule is CCOC(=O)[C@@H](O)[C@H]1COC(C)(C)O1. The van der Waals surface area contributed by atoms with Crippen molar-refractivity contribution in [3.63, 3.8) is 0 Å². The number of hydrogen-bond donors (Lipinski definition) is 1. The second-order valence-corrected chi connectivity index (χ2v) is 3.56. The molecule has 5 nitrogen and oxygen atoms in total. The fourth-order valence-corrected chi connectivity index (χ4v) is 1.25. The van der Waals surface area contributed by atoms with Gasteiger partial charge in [-0.15, -0.1) is 0 Å². The summed E-state index contributed by atoms with van der Waals surface area (Å²) in [6.45, 7) is 5.58. The van der Waals surface area contributed by atoms with Gasteiger partial charge in [0.2, 0.25) is 0 Å². The van der Waals surface area contributed by atoms with Crippen LogP contribution in [0.4, 0.5) is 0 Å². The summed E-state index contributed by atoms with van der Waals surface area (Å²) in [5, 5.41) is 9.50. The molecule has 0 aromatic rings. The van der Waals surface area contributed by atoms with E-state index in [0.717, 1.165) is 0 Å². The van der Waals surface area contributed by atoms with E-state index in [2.05, 4.69) is 4.74 Å². The van der Waals surface area contributed by atoms with Crippen molar-refractivity contribution in [2.45, 2.75) is 38.8 Å². The Bertz CT molecular complexity index is 213. The normalized spacial score (nSPS) is 27.3. The molecule has 0 saturated carbocycles. The van der Waals surface area contributed by atoms with E-state index in [9.17, 15) is 9.90 Å². The molecule has 2 atom stereocenters. The van der Waals surface area contributed by atoms with Gasteiger partial charge in [-0.1, -0.05) is 0 Å². The van der Waals surface area contributed by atoms with Crippen LogP contribution in [0, 0.1) is 0 Å². The summed E-state index contributed by atoms with van der Waals surface area (Å²) in [7, 11) is 0. The fraction of sp³-hybridized carbons (Fsp3) is 0.889. The number of ether oxygens (including phenoxy) is 3. The van der Waals surface area contributed by atoms with Crippen molar-refractivity contribution in [2.24, 2.45) is 0 Å². The molecule has 1 aliphatic heterocycles. The molecule has 0 aromatic heterocycles. The minimum atomic E-state index is -1.27.